The van der Waals surface area contributed by atoms with Gasteiger partial charge in [0.1, 0.15) is 5.75 Å². The molecule has 0 saturated heterocycles. The molecule has 0 aliphatic rings. The van der Waals surface area contributed by atoms with Crippen LogP contribution in [0.25, 0.3) is 10.8 Å². The quantitative estimate of drug-likeness (QED) is 0.305. The zero-order valence-electron chi connectivity index (χ0n) is 18.6. The van der Waals surface area contributed by atoms with Gasteiger partial charge in [0, 0.05) is 5.56 Å². The Balaban J connectivity index is 1.53. The summed E-state index contributed by atoms with van der Waals surface area (Å²) in [6.07, 6.45) is 0. The van der Waals surface area contributed by atoms with Crippen molar-refractivity contribution in [1.82, 2.24) is 16.2 Å². The van der Waals surface area contributed by atoms with Gasteiger partial charge in [0.15, 0.2) is 23.2 Å². The second-order valence-electron chi connectivity index (χ2n) is 6.76. The zero-order valence-corrected chi connectivity index (χ0v) is 21.0. The van der Waals surface area contributed by atoms with Gasteiger partial charge < -0.3 is 18.9 Å². The van der Waals surface area contributed by atoms with E-state index < -0.39 is 11.8 Å². The van der Waals surface area contributed by atoms with Gasteiger partial charge in [0.05, 0.1) is 25.8 Å². The van der Waals surface area contributed by atoms with Crippen LogP contribution in [0.4, 0.5) is 0 Å². The van der Waals surface area contributed by atoms with E-state index in [9.17, 15) is 9.59 Å². The third-order valence-corrected chi connectivity index (χ3v) is 5.68. The van der Waals surface area contributed by atoms with Crippen molar-refractivity contribution in [3.63, 3.8) is 0 Å². The van der Waals surface area contributed by atoms with E-state index in [0.717, 1.165) is 15.2 Å². The Bertz CT molecular complexity index is 1210. The highest BCUT2D eigenvalue weighted by Crippen LogP contribution is 2.38. The number of fused-ring (bicyclic) bond motifs is 1. The molecular formula is C23H22BrN3O6S. The predicted octanol–water partition coefficient (Wildman–Crippen LogP) is 3.34. The lowest BCUT2D eigenvalue weighted by Crippen LogP contribution is -2.49. The van der Waals surface area contributed by atoms with Crippen LogP contribution in [0.3, 0.4) is 0 Å². The summed E-state index contributed by atoms with van der Waals surface area (Å²) in [5.74, 6) is 0.477. The van der Waals surface area contributed by atoms with Gasteiger partial charge in [0.25, 0.3) is 11.8 Å². The van der Waals surface area contributed by atoms with Gasteiger partial charge in [-0.1, -0.05) is 30.3 Å². The average molecular weight is 548 g/mol. The molecule has 0 aliphatic carbocycles. The minimum Gasteiger partial charge on any atom is -0.493 e. The fourth-order valence-corrected chi connectivity index (χ4v) is 3.83. The summed E-state index contributed by atoms with van der Waals surface area (Å²) < 4.78 is 22.1. The maximum absolute atomic E-state index is 12.5. The van der Waals surface area contributed by atoms with Crippen LogP contribution in [0.1, 0.15) is 10.4 Å². The van der Waals surface area contributed by atoms with E-state index in [1.807, 2.05) is 30.3 Å². The average Bonchev–Trinajstić information content (AvgIpc) is 2.85. The molecule has 3 aromatic carbocycles. The van der Waals surface area contributed by atoms with Gasteiger partial charge >= 0.3 is 0 Å². The fourth-order valence-electron chi connectivity index (χ4n) is 3.06. The van der Waals surface area contributed by atoms with Crippen molar-refractivity contribution >= 4 is 55.8 Å². The molecule has 0 spiro atoms. The molecule has 0 saturated carbocycles. The van der Waals surface area contributed by atoms with E-state index >= 15 is 0 Å². The first kappa shape index (κ1) is 25.1. The molecule has 0 aliphatic heterocycles. The molecule has 3 N–H and O–H groups in total. The van der Waals surface area contributed by atoms with Gasteiger partial charge in [0.2, 0.25) is 5.75 Å². The molecule has 3 aromatic rings. The molecule has 11 heteroatoms. The zero-order chi connectivity index (χ0) is 24.7. The number of hydrogen-bond acceptors (Lipinski definition) is 7. The van der Waals surface area contributed by atoms with Crippen LogP contribution in [-0.4, -0.2) is 44.9 Å². The normalized spacial score (nSPS) is 10.2. The third-order valence-electron chi connectivity index (χ3n) is 4.66. The van der Waals surface area contributed by atoms with Gasteiger partial charge in [-0.2, -0.15) is 0 Å². The Labute approximate surface area is 209 Å². The van der Waals surface area contributed by atoms with E-state index in [2.05, 4.69) is 32.1 Å². The molecule has 34 heavy (non-hydrogen) atoms. The second kappa shape index (κ2) is 11.5. The molecular weight excluding hydrogens is 526 g/mol. The molecule has 9 nitrogen and oxygen atoms in total. The number of carbonyl (C=O) groups is 2. The number of nitrogens with one attached hydrogen (secondary N) is 3. The summed E-state index contributed by atoms with van der Waals surface area (Å²) in [4.78, 5) is 24.7. The van der Waals surface area contributed by atoms with Crippen molar-refractivity contribution in [3.8, 4) is 23.0 Å². The van der Waals surface area contributed by atoms with Crippen LogP contribution in [0.2, 0.25) is 0 Å². The molecule has 0 heterocycles. The summed E-state index contributed by atoms with van der Waals surface area (Å²) in [6, 6.07) is 14.4. The Kier molecular flexibility index (Phi) is 8.50. The standard InChI is InChI=1S/C23H22BrN3O6S/c1-30-17-10-14(11-18(31-2)21(17)32-3)22(29)26-27-23(34)25-19(28)12-33-16-9-8-13-6-4-5-7-15(13)20(16)24/h4-11H,12H2,1-3H3,(H,26,29)(H2,25,27,28,34). The summed E-state index contributed by atoms with van der Waals surface area (Å²) in [5, 5.41) is 4.34. The highest BCUT2D eigenvalue weighted by molar-refractivity contribution is 9.10. The molecule has 178 valence electrons. The Morgan fingerprint density at radius 2 is 1.59 bits per heavy atom. The smallest absolute Gasteiger partial charge is 0.269 e. The number of thiocarbonyl (C=S) groups is 1. The van der Waals surface area contributed by atoms with Gasteiger partial charge in [-0.05, 0) is 57.1 Å². The number of hydrazine groups is 1. The summed E-state index contributed by atoms with van der Waals surface area (Å²) in [5.41, 5.74) is 5.10. The first-order valence-electron chi connectivity index (χ1n) is 9.88. The molecule has 0 atom stereocenters. The number of methoxy groups -OCH3 is 3. The Morgan fingerprint density at radius 1 is 0.912 bits per heavy atom. The minimum absolute atomic E-state index is 0.105. The van der Waals surface area contributed by atoms with E-state index in [1.165, 1.54) is 33.5 Å². The molecule has 0 radical (unpaired) electrons. The Hall–Kier alpha value is -3.57. The van der Waals surface area contributed by atoms with Gasteiger partial charge in [-0.15, -0.1) is 0 Å². The van der Waals surface area contributed by atoms with Crippen molar-refractivity contribution in [3.05, 3.63) is 58.6 Å². The molecule has 0 aromatic heterocycles. The number of hydrogen-bond donors (Lipinski definition) is 3. The molecule has 3 rings (SSSR count). The van der Waals surface area contributed by atoms with Crippen molar-refractivity contribution in [2.75, 3.05) is 27.9 Å². The maximum atomic E-state index is 12.5. The second-order valence-corrected chi connectivity index (χ2v) is 7.96. The number of carbonyl (C=O) groups excluding carboxylic acids is 2. The number of halogens is 1. The SMILES string of the molecule is COc1cc(C(=O)NNC(=S)NC(=O)COc2ccc3ccccc3c2Br)cc(OC)c1OC. The molecule has 0 bridgehead atoms. The third kappa shape index (κ3) is 5.86. The van der Waals surface area contributed by atoms with Crippen LogP contribution >= 0.6 is 28.1 Å². The fraction of sp³-hybridized carbons (Fsp3) is 0.174. The number of benzene rings is 3. The van der Waals surface area contributed by atoms with Crippen LogP contribution in [-0.2, 0) is 4.79 Å². The number of rotatable bonds is 7. The lowest BCUT2D eigenvalue weighted by atomic mass is 10.1. The number of ether oxygens (including phenoxy) is 4. The van der Waals surface area contributed by atoms with Gasteiger partial charge in [-0.3, -0.25) is 25.8 Å². The maximum Gasteiger partial charge on any atom is 0.269 e. The summed E-state index contributed by atoms with van der Waals surface area (Å²) in [7, 11) is 4.35. The van der Waals surface area contributed by atoms with E-state index in [1.54, 1.807) is 6.07 Å². The van der Waals surface area contributed by atoms with Crippen molar-refractivity contribution < 1.29 is 28.5 Å². The lowest BCUT2D eigenvalue weighted by Gasteiger charge is -2.15. The monoisotopic (exact) mass is 547 g/mol. The summed E-state index contributed by atoms with van der Waals surface area (Å²) >= 11 is 8.57. The van der Waals surface area contributed by atoms with Crippen LogP contribution < -0.4 is 35.1 Å². The largest absolute Gasteiger partial charge is 0.493 e. The van der Waals surface area contributed by atoms with Crippen LogP contribution in [0.15, 0.2) is 53.0 Å². The first-order valence-corrected chi connectivity index (χ1v) is 11.1. The predicted molar refractivity (Wildman–Crippen MR) is 135 cm³/mol. The topological polar surface area (TPSA) is 107 Å². The number of amides is 2. The van der Waals surface area contributed by atoms with Crippen molar-refractivity contribution in [2.45, 2.75) is 0 Å². The molecule has 0 unspecified atom stereocenters. The van der Waals surface area contributed by atoms with Crippen LogP contribution in [0, 0.1) is 0 Å². The van der Waals surface area contributed by atoms with E-state index in [4.69, 9.17) is 31.2 Å². The van der Waals surface area contributed by atoms with Crippen molar-refractivity contribution in [1.29, 1.82) is 0 Å². The van der Waals surface area contributed by atoms with Gasteiger partial charge in [-0.25, -0.2) is 0 Å². The molecule has 0 fully saturated rings. The Morgan fingerprint density at radius 3 is 2.24 bits per heavy atom. The van der Waals surface area contributed by atoms with Crippen LogP contribution in [0.5, 0.6) is 23.0 Å². The van der Waals surface area contributed by atoms with E-state index in [-0.39, 0.29) is 17.3 Å². The first-order chi connectivity index (χ1) is 16.4. The molecule has 2 amide bonds. The highest BCUT2D eigenvalue weighted by Gasteiger charge is 2.17. The lowest BCUT2D eigenvalue weighted by molar-refractivity contribution is -0.121. The van der Waals surface area contributed by atoms with E-state index in [0.29, 0.717) is 23.0 Å². The summed E-state index contributed by atoms with van der Waals surface area (Å²) in [6.45, 7) is -0.278. The van der Waals surface area contributed by atoms with Crippen molar-refractivity contribution in [2.24, 2.45) is 0 Å². The minimum atomic E-state index is -0.535. The highest BCUT2D eigenvalue weighted by atomic mass is 79.9.